The first-order valence-electron chi connectivity index (χ1n) is 9.43. The van der Waals surface area contributed by atoms with Gasteiger partial charge >= 0.3 is 0 Å². The molecule has 2 aromatic rings. The number of hydrogen-bond acceptors (Lipinski definition) is 6. The molecule has 2 aliphatic heterocycles. The molecule has 0 aromatic heterocycles. The van der Waals surface area contributed by atoms with Crippen LogP contribution in [0.1, 0.15) is 27.0 Å². The first-order chi connectivity index (χ1) is 14.4. The van der Waals surface area contributed by atoms with Crippen molar-refractivity contribution in [1.29, 1.82) is 0 Å². The first-order valence-corrected chi connectivity index (χ1v) is 10.2. The Morgan fingerprint density at radius 3 is 2.73 bits per heavy atom. The normalized spacial score (nSPS) is 16.5. The van der Waals surface area contributed by atoms with Crippen LogP contribution in [-0.4, -0.2) is 41.8 Å². The van der Waals surface area contributed by atoms with Crippen molar-refractivity contribution < 1.29 is 23.9 Å². The van der Waals surface area contributed by atoms with Gasteiger partial charge in [-0.15, -0.1) is 0 Å². The van der Waals surface area contributed by atoms with E-state index in [0.29, 0.717) is 22.0 Å². The monoisotopic (exact) mass is 424 g/mol. The number of aryl methyl sites for hydroxylation is 2. The summed E-state index contributed by atoms with van der Waals surface area (Å²) in [5.74, 6) is 0.663. The number of ether oxygens (including phenoxy) is 2. The average Bonchev–Trinajstić information content (AvgIpc) is 3.27. The number of hydrogen-bond donors (Lipinski definition) is 1. The summed E-state index contributed by atoms with van der Waals surface area (Å²) >= 11 is 0.883. The highest BCUT2D eigenvalue weighted by molar-refractivity contribution is 8.18. The second-order valence-electron chi connectivity index (χ2n) is 7.02. The Balaban J connectivity index is 1.38. The highest BCUT2D eigenvalue weighted by atomic mass is 32.2. The fraction of sp³-hybridized carbons (Fsp3) is 0.227. The third-order valence-electron chi connectivity index (χ3n) is 4.82. The number of imide groups is 1. The van der Waals surface area contributed by atoms with Gasteiger partial charge in [0.05, 0.1) is 4.91 Å². The minimum absolute atomic E-state index is 0.111. The van der Waals surface area contributed by atoms with Crippen molar-refractivity contribution in [3.8, 4) is 11.5 Å². The van der Waals surface area contributed by atoms with Crippen LogP contribution in [0.25, 0.3) is 6.08 Å². The fourth-order valence-electron chi connectivity index (χ4n) is 3.29. The van der Waals surface area contributed by atoms with Gasteiger partial charge in [0.1, 0.15) is 0 Å². The van der Waals surface area contributed by atoms with Gasteiger partial charge < -0.3 is 14.8 Å². The van der Waals surface area contributed by atoms with Gasteiger partial charge in [0.2, 0.25) is 6.79 Å². The van der Waals surface area contributed by atoms with Crippen molar-refractivity contribution in [2.45, 2.75) is 13.8 Å². The van der Waals surface area contributed by atoms with E-state index in [1.54, 1.807) is 30.3 Å². The SMILES string of the molecule is Cc1ccc(C(=O)NCCN2C(=O)S/C(=C\c3ccc4c(c3)OCO4)C2=O)c(C)c1. The summed E-state index contributed by atoms with van der Waals surface area (Å²) in [4.78, 5) is 38.8. The zero-order chi connectivity index (χ0) is 21.3. The van der Waals surface area contributed by atoms with Gasteiger partial charge in [0.25, 0.3) is 17.1 Å². The van der Waals surface area contributed by atoms with E-state index in [1.807, 2.05) is 26.0 Å². The molecular weight excluding hydrogens is 404 g/mol. The predicted octanol–water partition coefficient (Wildman–Crippen LogP) is 3.50. The number of benzene rings is 2. The van der Waals surface area contributed by atoms with Gasteiger partial charge in [0.15, 0.2) is 11.5 Å². The standard InChI is InChI=1S/C22H20N2O5S/c1-13-3-5-16(14(2)9-13)20(25)23-7-8-24-21(26)19(30-22(24)27)11-15-4-6-17-18(10-15)29-12-28-17/h3-6,9-11H,7-8,12H2,1-2H3,(H,23,25)/b19-11-. The Morgan fingerprint density at radius 2 is 1.93 bits per heavy atom. The summed E-state index contributed by atoms with van der Waals surface area (Å²) in [5, 5.41) is 2.42. The maximum atomic E-state index is 12.6. The third kappa shape index (κ3) is 4.04. The number of amides is 3. The number of fused-ring (bicyclic) bond motifs is 1. The molecular formula is C22H20N2O5S. The van der Waals surface area contributed by atoms with Crippen LogP contribution in [-0.2, 0) is 4.79 Å². The molecule has 2 aromatic carbocycles. The Morgan fingerprint density at radius 1 is 1.13 bits per heavy atom. The van der Waals surface area contributed by atoms with Crippen LogP contribution in [0.3, 0.4) is 0 Å². The zero-order valence-electron chi connectivity index (χ0n) is 16.6. The molecule has 30 heavy (non-hydrogen) atoms. The lowest BCUT2D eigenvalue weighted by Gasteiger charge is -2.13. The van der Waals surface area contributed by atoms with Crippen molar-refractivity contribution in [2.75, 3.05) is 19.9 Å². The Hall–Kier alpha value is -3.26. The fourth-order valence-corrected chi connectivity index (χ4v) is 4.16. The van der Waals surface area contributed by atoms with E-state index in [4.69, 9.17) is 9.47 Å². The molecule has 0 bridgehead atoms. The van der Waals surface area contributed by atoms with Crippen LogP contribution in [0, 0.1) is 13.8 Å². The van der Waals surface area contributed by atoms with Gasteiger partial charge in [-0.05, 0) is 61.0 Å². The molecule has 1 N–H and O–H groups in total. The number of thioether (sulfide) groups is 1. The molecule has 2 heterocycles. The second-order valence-corrected chi connectivity index (χ2v) is 8.01. The minimum atomic E-state index is -0.372. The van der Waals surface area contributed by atoms with Gasteiger partial charge in [0, 0.05) is 18.7 Å². The van der Waals surface area contributed by atoms with Crippen molar-refractivity contribution in [3.63, 3.8) is 0 Å². The highest BCUT2D eigenvalue weighted by Gasteiger charge is 2.34. The van der Waals surface area contributed by atoms with Crippen molar-refractivity contribution in [3.05, 3.63) is 63.6 Å². The lowest BCUT2D eigenvalue weighted by molar-refractivity contribution is -0.122. The maximum Gasteiger partial charge on any atom is 0.293 e. The largest absolute Gasteiger partial charge is 0.454 e. The topological polar surface area (TPSA) is 84.9 Å². The predicted molar refractivity (Wildman–Crippen MR) is 113 cm³/mol. The minimum Gasteiger partial charge on any atom is -0.454 e. The summed E-state index contributed by atoms with van der Waals surface area (Å²) in [7, 11) is 0. The van der Waals surface area contributed by atoms with Gasteiger partial charge in [-0.25, -0.2) is 0 Å². The molecule has 1 saturated heterocycles. The van der Waals surface area contributed by atoms with Gasteiger partial charge in [-0.1, -0.05) is 23.8 Å². The van der Waals surface area contributed by atoms with Crippen molar-refractivity contribution >= 4 is 34.9 Å². The molecule has 0 atom stereocenters. The lowest BCUT2D eigenvalue weighted by atomic mass is 10.1. The molecule has 0 unspecified atom stereocenters. The Labute approximate surface area is 178 Å². The maximum absolute atomic E-state index is 12.6. The van der Waals surface area contributed by atoms with E-state index < -0.39 is 0 Å². The molecule has 154 valence electrons. The van der Waals surface area contributed by atoms with E-state index >= 15 is 0 Å². The summed E-state index contributed by atoms with van der Waals surface area (Å²) in [6.45, 7) is 4.30. The number of rotatable bonds is 5. The highest BCUT2D eigenvalue weighted by Crippen LogP contribution is 2.36. The number of nitrogens with zero attached hydrogens (tertiary/aromatic N) is 1. The lowest BCUT2D eigenvalue weighted by Crippen LogP contribution is -2.37. The quantitative estimate of drug-likeness (QED) is 0.740. The molecule has 1 fully saturated rings. The zero-order valence-corrected chi connectivity index (χ0v) is 17.4. The number of carbonyl (C=O) groups excluding carboxylic acids is 3. The van der Waals surface area contributed by atoms with Crippen molar-refractivity contribution in [2.24, 2.45) is 0 Å². The van der Waals surface area contributed by atoms with Crippen LogP contribution in [0.15, 0.2) is 41.3 Å². The molecule has 0 spiro atoms. The molecule has 0 radical (unpaired) electrons. The van der Waals surface area contributed by atoms with Gasteiger partial charge in [-0.2, -0.15) is 0 Å². The van der Waals surface area contributed by atoms with Crippen LogP contribution >= 0.6 is 11.8 Å². The number of nitrogens with one attached hydrogen (secondary N) is 1. The second kappa shape index (κ2) is 8.23. The molecule has 8 heteroatoms. The van der Waals surface area contributed by atoms with Crippen molar-refractivity contribution in [1.82, 2.24) is 10.2 Å². The van der Waals surface area contributed by atoms with E-state index in [0.717, 1.165) is 33.4 Å². The van der Waals surface area contributed by atoms with E-state index in [-0.39, 0.29) is 36.9 Å². The van der Waals surface area contributed by atoms with Crippen LogP contribution in [0.4, 0.5) is 4.79 Å². The van der Waals surface area contributed by atoms with Crippen LogP contribution < -0.4 is 14.8 Å². The average molecular weight is 424 g/mol. The summed E-state index contributed by atoms with van der Waals surface area (Å²) in [6.07, 6.45) is 1.65. The van der Waals surface area contributed by atoms with E-state index in [9.17, 15) is 14.4 Å². The van der Waals surface area contributed by atoms with E-state index in [1.165, 1.54) is 0 Å². The molecule has 0 saturated carbocycles. The first kappa shape index (κ1) is 20.0. The number of carbonyl (C=O) groups is 3. The summed E-state index contributed by atoms with van der Waals surface area (Å²) in [6, 6.07) is 10.9. The molecule has 7 nitrogen and oxygen atoms in total. The van der Waals surface area contributed by atoms with Gasteiger partial charge in [-0.3, -0.25) is 19.3 Å². The van der Waals surface area contributed by atoms with E-state index in [2.05, 4.69) is 5.32 Å². The molecule has 4 rings (SSSR count). The molecule has 0 aliphatic carbocycles. The summed E-state index contributed by atoms with van der Waals surface area (Å²) in [5.41, 5.74) is 3.28. The Bertz CT molecular complexity index is 1080. The van der Waals surface area contributed by atoms with Crippen LogP contribution in [0.5, 0.6) is 11.5 Å². The Kier molecular flexibility index (Phi) is 5.50. The third-order valence-corrected chi connectivity index (χ3v) is 5.72. The summed E-state index contributed by atoms with van der Waals surface area (Å²) < 4.78 is 10.6. The molecule has 3 amide bonds. The molecule has 2 aliphatic rings. The smallest absolute Gasteiger partial charge is 0.293 e. The van der Waals surface area contributed by atoms with Crippen LogP contribution in [0.2, 0.25) is 0 Å².